The van der Waals surface area contributed by atoms with E-state index in [0.29, 0.717) is 45.2 Å². The molecule has 0 atom stereocenters. The summed E-state index contributed by atoms with van der Waals surface area (Å²) in [6.07, 6.45) is 0.929. The van der Waals surface area contributed by atoms with Gasteiger partial charge in [0, 0.05) is 53.9 Å². The number of hydrogen-bond donors (Lipinski definition) is 2. The minimum absolute atomic E-state index is 0.0707. The highest BCUT2D eigenvalue weighted by atomic mass is 35.5. The molecule has 2 aromatic carbocycles. The smallest absolute Gasteiger partial charge is 0.333 e. The number of hydrogen-bond acceptors (Lipinski definition) is 5. The molecule has 0 aliphatic rings. The van der Waals surface area contributed by atoms with E-state index in [9.17, 15) is 19.8 Å². The quantitative estimate of drug-likeness (QED) is 0.359. The molecule has 4 aromatic rings. The van der Waals surface area contributed by atoms with Crippen LogP contribution in [0.25, 0.3) is 22.4 Å². The zero-order valence-electron chi connectivity index (χ0n) is 18.3. The first-order chi connectivity index (χ1) is 16.4. The van der Waals surface area contributed by atoms with Gasteiger partial charge in [-0.1, -0.05) is 47.5 Å². The molecule has 0 aliphatic heterocycles. The van der Waals surface area contributed by atoms with E-state index in [-0.39, 0.29) is 38.4 Å². The lowest BCUT2D eigenvalue weighted by atomic mass is 9.99. The number of aryl methyl sites for hydroxylation is 1. The van der Waals surface area contributed by atoms with Gasteiger partial charge < -0.3 is 14.6 Å². The first-order valence-corrected chi connectivity index (χ1v) is 11.7. The van der Waals surface area contributed by atoms with Crippen molar-refractivity contribution in [2.24, 2.45) is 0 Å². The molecular weight excluding hydrogens is 479 g/mol. The summed E-state index contributed by atoms with van der Waals surface area (Å²) in [5, 5.41) is 20.1. The number of halogens is 2. The minimum atomic E-state index is -0.538. The second kappa shape index (κ2) is 10.6. The lowest BCUT2D eigenvalue weighted by Crippen LogP contribution is -2.40. The number of aliphatic hydroxyl groups excluding tert-OH is 2. The van der Waals surface area contributed by atoms with Crippen molar-refractivity contribution >= 4 is 34.3 Å². The lowest BCUT2D eigenvalue weighted by Gasteiger charge is -2.11. The number of aliphatic hydroxyl groups is 2. The van der Waals surface area contributed by atoms with E-state index >= 15 is 0 Å². The summed E-state index contributed by atoms with van der Waals surface area (Å²) in [7, 11) is 0. The molecule has 0 amide bonds. The molecular formula is C25H24Cl2N2O5. The number of furan rings is 1. The molecule has 2 aromatic heterocycles. The second-order valence-electron chi connectivity index (χ2n) is 7.95. The Morgan fingerprint density at radius 3 is 2.18 bits per heavy atom. The third-order valence-corrected chi connectivity index (χ3v) is 6.10. The van der Waals surface area contributed by atoms with Gasteiger partial charge in [-0.05, 0) is 42.7 Å². The van der Waals surface area contributed by atoms with Crippen LogP contribution in [0.5, 0.6) is 0 Å². The highest BCUT2D eigenvalue weighted by molar-refractivity contribution is 6.31. The predicted molar refractivity (Wildman–Crippen MR) is 133 cm³/mol. The molecule has 0 spiro atoms. The highest BCUT2D eigenvalue weighted by Gasteiger charge is 2.25. The van der Waals surface area contributed by atoms with E-state index in [1.165, 1.54) is 4.57 Å². The van der Waals surface area contributed by atoms with Gasteiger partial charge in [0.05, 0.1) is 0 Å². The Hall–Kier alpha value is -2.84. The van der Waals surface area contributed by atoms with Gasteiger partial charge in [-0.15, -0.1) is 0 Å². The van der Waals surface area contributed by atoms with Gasteiger partial charge in [-0.3, -0.25) is 13.9 Å². The van der Waals surface area contributed by atoms with Crippen LogP contribution in [0.15, 0.2) is 62.5 Å². The van der Waals surface area contributed by atoms with Crippen molar-refractivity contribution < 1.29 is 14.6 Å². The number of rotatable bonds is 9. The van der Waals surface area contributed by atoms with Crippen LogP contribution in [0.4, 0.5) is 0 Å². The summed E-state index contributed by atoms with van der Waals surface area (Å²) in [6.45, 7) is -0.0318. The average Bonchev–Trinajstić information content (AvgIpc) is 3.19. The van der Waals surface area contributed by atoms with Crippen LogP contribution in [0.1, 0.15) is 24.0 Å². The third-order valence-electron chi connectivity index (χ3n) is 5.62. The van der Waals surface area contributed by atoms with Crippen LogP contribution >= 0.6 is 23.2 Å². The average molecular weight is 503 g/mol. The van der Waals surface area contributed by atoms with Gasteiger partial charge in [0.15, 0.2) is 0 Å². The second-order valence-corrected chi connectivity index (χ2v) is 8.82. The summed E-state index contributed by atoms with van der Waals surface area (Å²) in [4.78, 5) is 26.8. The molecule has 9 heteroatoms. The van der Waals surface area contributed by atoms with Crippen molar-refractivity contribution in [2.45, 2.75) is 32.4 Å². The van der Waals surface area contributed by atoms with Gasteiger partial charge in [-0.25, -0.2) is 4.79 Å². The van der Waals surface area contributed by atoms with E-state index < -0.39 is 11.2 Å². The fourth-order valence-corrected chi connectivity index (χ4v) is 4.32. The lowest BCUT2D eigenvalue weighted by molar-refractivity contribution is 0.273. The van der Waals surface area contributed by atoms with Gasteiger partial charge in [0.1, 0.15) is 11.1 Å². The van der Waals surface area contributed by atoms with E-state index in [2.05, 4.69) is 0 Å². The van der Waals surface area contributed by atoms with E-state index in [4.69, 9.17) is 27.6 Å². The van der Waals surface area contributed by atoms with Crippen molar-refractivity contribution in [1.82, 2.24) is 9.13 Å². The van der Waals surface area contributed by atoms with Crippen LogP contribution in [0.2, 0.25) is 10.0 Å². The molecule has 0 bridgehead atoms. The summed E-state index contributed by atoms with van der Waals surface area (Å²) in [5.74, 6) is 0.446. The van der Waals surface area contributed by atoms with Crippen molar-refractivity contribution in [1.29, 1.82) is 0 Å². The zero-order chi connectivity index (χ0) is 24.2. The standard InChI is InChI=1S/C25H24Cl2N2O5/c26-18-8-6-16(7-9-18)14-20-21-23(32)28(10-2-12-30)25(33)29(11-3-13-31)24(21)34-22(20)17-4-1-5-19(27)15-17/h1,4-9,15,30-31H,2-3,10-14H2. The number of benzene rings is 2. The molecule has 7 nitrogen and oxygen atoms in total. The monoisotopic (exact) mass is 502 g/mol. The molecule has 0 radical (unpaired) electrons. The fraction of sp³-hybridized carbons (Fsp3) is 0.280. The Kier molecular flexibility index (Phi) is 7.58. The van der Waals surface area contributed by atoms with E-state index in [1.807, 2.05) is 18.2 Å². The fourth-order valence-electron chi connectivity index (χ4n) is 4.01. The Labute approximate surface area is 205 Å². The van der Waals surface area contributed by atoms with Gasteiger partial charge in [0.2, 0.25) is 5.71 Å². The molecule has 0 saturated carbocycles. The molecule has 4 rings (SSSR count). The van der Waals surface area contributed by atoms with Gasteiger partial charge >= 0.3 is 5.69 Å². The number of fused-ring (bicyclic) bond motifs is 1. The SMILES string of the molecule is O=c1c2c(Cc3ccc(Cl)cc3)c(-c3cccc(Cl)c3)oc2n(CCCO)c(=O)n1CCCO. The van der Waals surface area contributed by atoms with Crippen LogP contribution in [0, 0.1) is 0 Å². The van der Waals surface area contributed by atoms with E-state index in [1.54, 1.807) is 30.3 Å². The Bertz CT molecular complexity index is 1420. The Balaban J connectivity index is 2.04. The summed E-state index contributed by atoms with van der Waals surface area (Å²) in [6, 6.07) is 14.4. The molecule has 0 saturated heterocycles. The van der Waals surface area contributed by atoms with Gasteiger partial charge in [0.25, 0.3) is 5.56 Å². The predicted octanol–water partition coefficient (Wildman–Crippen LogP) is 4.09. The van der Waals surface area contributed by atoms with Crippen molar-refractivity contribution in [3.05, 3.63) is 90.5 Å². The maximum Gasteiger partial charge on any atom is 0.333 e. The van der Waals surface area contributed by atoms with Gasteiger partial charge in [-0.2, -0.15) is 0 Å². The van der Waals surface area contributed by atoms with Crippen LogP contribution in [0.3, 0.4) is 0 Å². The summed E-state index contributed by atoms with van der Waals surface area (Å²) in [5.41, 5.74) is 1.35. The molecule has 2 N–H and O–H groups in total. The first kappa shape index (κ1) is 24.3. The molecule has 34 heavy (non-hydrogen) atoms. The largest absolute Gasteiger partial charge is 0.439 e. The first-order valence-electron chi connectivity index (χ1n) is 11.0. The normalized spacial score (nSPS) is 11.4. The van der Waals surface area contributed by atoms with Crippen molar-refractivity contribution in [3.8, 4) is 11.3 Å². The summed E-state index contributed by atoms with van der Waals surface area (Å²) >= 11 is 12.3. The Morgan fingerprint density at radius 2 is 1.53 bits per heavy atom. The van der Waals surface area contributed by atoms with Crippen LogP contribution < -0.4 is 11.2 Å². The highest BCUT2D eigenvalue weighted by Crippen LogP contribution is 2.34. The maximum absolute atomic E-state index is 13.6. The summed E-state index contributed by atoms with van der Waals surface area (Å²) < 4.78 is 8.72. The van der Waals surface area contributed by atoms with Crippen molar-refractivity contribution in [3.63, 3.8) is 0 Å². The Morgan fingerprint density at radius 1 is 0.853 bits per heavy atom. The van der Waals surface area contributed by atoms with Crippen LogP contribution in [-0.4, -0.2) is 32.6 Å². The minimum Gasteiger partial charge on any atom is -0.439 e. The van der Waals surface area contributed by atoms with E-state index in [0.717, 1.165) is 10.1 Å². The zero-order valence-corrected chi connectivity index (χ0v) is 19.8. The van der Waals surface area contributed by atoms with Crippen LogP contribution in [-0.2, 0) is 19.5 Å². The molecule has 0 unspecified atom stereocenters. The molecule has 0 fully saturated rings. The number of nitrogens with zero attached hydrogens (tertiary/aromatic N) is 2. The third kappa shape index (κ3) is 4.83. The molecule has 178 valence electrons. The van der Waals surface area contributed by atoms with Crippen molar-refractivity contribution in [2.75, 3.05) is 13.2 Å². The number of aromatic nitrogens is 2. The maximum atomic E-state index is 13.6. The topological polar surface area (TPSA) is 97.6 Å². The molecule has 0 aliphatic carbocycles. The molecule has 2 heterocycles.